The van der Waals surface area contributed by atoms with Gasteiger partial charge in [0.05, 0.1) is 6.54 Å². The van der Waals surface area contributed by atoms with Gasteiger partial charge in [-0.3, -0.25) is 29.0 Å². The monoisotopic (exact) mass is 617 g/mol. The van der Waals surface area contributed by atoms with E-state index >= 15 is 0 Å². The molecule has 6 N–H and O–H groups in total. The zero-order valence-corrected chi connectivity index (χ0v) is 27.8. The number of nitrogens with zero attached hydrogens (tertiary/aromatic N) is 1. The zero-order valence-electron chi connectivity index (χ0n) is 27.8. The van der Waals surface area contributed by atoms with Crippen LogP contribution in [0.15, 0.2) is 24.5 Å². The number of likely N-dealkylation sites (N-methyl/N-ethyl adjacent to an activating group) is 1. The Labute approximate surface area is 263 Å². The highest BCUT2D eigenvalue weighted by atomic mass is 16.2. The number of carbonyl (C=O) groups excluding carboxylic acids is 5. The van der Waals surface area contributed by atoms with Crippen LogP contribution in [0.25, 0.3) is 0 Å². The molecular formula is C32H55N7O5. The average Bonchev–Trinajstić information content (AvgIpc) is 2.97. The van der Waals surface area contributed by atoms with Crippen LogP contribution >= 0.6 is 0 Å². The molecule has 248 valence electrons. The molecule has 0 aliphatic rings. The van der Waals surface area contributed by atoms with Gasteiger partial charge in [0, 0.05) is 37.1 Å². The van der Waals surface area contributed by atoms with Gasteiger partial charge in [0.25, 0.3) is 5.91 Å². The first kappa shape index (κ1) is 38.5. The molecule has 0 saturated carbocycles. The normalized spacial score (nSPS) is 14.6. The second kappa shape index (κ2) is 20.4. The van der Waals surface area contributed by atoms with Crippen molar-refractivity contribution in [2.75, 3.05) is 19.6 Å². The van der Waals surface area contributed by atoms with Crippen molar-refractivity contribution in [3.05, 3.63) is 30.1 Å². The summed E-state index contributed by atoms with van der Waals surface area (Å²) in [6.07, 6.45) is 5.40. The molecule has 1 aromatic heterocycles. The summed E-state index contributed by atoms with van der Waals surface area (Å²) in [7, 11) is 0. The number of rotatable bonds is 20. The summed E-state index contributed by atoms with van der Waals surface area (Å²) < 4.78 is 0. The lowest BCUT2D eigenvalue weighted by atomic mass is 9.97. The van der Waals surface area contributed by atoms with Crippen LogP contribution in [0.3, 0.4) is 0 Å². The molecule has 0 unspecified atom stereocenters. The number of nitrogens with one attached hydrogen (secondary N) is 6. The number of carbonyl (C=O) groups is 5. The Morgan fingerprint density at radius 3 is 2.00 bits per heavy atom. The number of amides is 5. The second-order valence-electron chi connectivity index (χ2n) is 12.1. The number of pyridine rings is 1. The maximum Gasteiger partial charge on any atom is 0.252 e. The number of hydrogen-bond donors (Lipinski definition) is 6. The Kier molecular flexibility index (Phi) is 17.9. The van der Waals surface area contributed by atoms with Gasteiger partial charge >= 0.3 is 0 Å². The Hall–Kier alpha value is -3.54. The topological polar surface area (TPSA) is 170 Å². The first-order valence-electron chi connectivity index (χ1n) is 15.9. The van der Waals surface area contributed by atoms with Crippen LogP contribution in [-0.4, -0.2) is 78.3 Å². The molecule has 0 aromatic carbocycles. The standard InChI is InChI=1S/C32H55N7O5/c1-9-12-25(37-32(44)28(22(8)10-2)39-29(41)23-13-15-33-16-14-23)30(42)36-24(17-20(4)5)18-34-19-26(40)38-27(21(6)7)31(43)35-11-3/h13-16,20-22,24-25,27-28,34H,9-12,17-19H2,1-8H3,(H,35,43)(H,36,42)(H,37,44)(H,38,40)(H,39,41)/t22-,24-,25-,27-,28-/m0/s1. The predicted molar refractivity (Wildman–Crippen MR) is 171 cm³/mol. The van der Waals surface area contributed by atoms with E-state index < -0.39 is 24.0 Å². The molecule has 0 aliphatic carbocycles. The summed E-state index contributed by atoms with van der Waals surface area (Å²) in [5.41, 5.74) is 0.394. The molecule has 0 fully saturated rings. The van der Waals surface area contributed by atoms with Crippen molar-refractivity contribution in [3.63, 3.8) is 0 Å². The molecule has 1 rings (SSSR count). The fourth-order valence-corrected chi connectivity index (χ4v) is 4.72. The zero-order chi connectivity index (χ0) is 33.2. The van der Waals surface area contributed by atoms with Crippen LogP contribution in [0.2, 0.25) is 0 Å². The molecule has 5 amide bonds. The minimum Gasteiger partial charge on any atom is -0.355 e. The third kappa shape index (κ3) is 13.8. The molecule has 5 atom stereocenters. The molecular weight excluding hydrogens is 562 g/mol. The fraction of sp³-hybridized carbons (Fsp3) is 0.688. The van der Waals surface area contributed by atoms with E-state index in [2.05, 4.69) is 36.9 Å². The van der Waals surface area contributed by atoms with E-state index in [-0.39, 0.29) is 54.0 Å². The van der Waals surface area contributed by atoms with Crippen LogP contribution in [0, 0.1) is 17.8 Å². The fourth-order valence-electron chi connectivity index (χ4n) is 4.72. The minimum atomic E-state index is -0.825. The molecule has 1 heterocycles. The molecule has 0 bridgehead atoms. The molecule has 1 aromatic rings. The largest absolute Gasteiger partial charge is 0.355 e. The Balaban J connectivity index is 2.89. The van der Waals surface area contributed by atoms with Crippen LogP contribution in [-0.2, 0) is 19.2 Å². The highest BCUT2D eigenvalue weighted by molar-refractivity contribution is 5.98. The van der Waals surface area contributed by atoms with E-state index in [9.17, 15) is 24.0 Å². The van der Waals surface area contributed by atoms with Crippen LogP contribution in [0.1, 0.15) is 91.4 Å². The molecule has 0 radical (unpaired) electrons. The second-order valence-corrected chi connectivity index (χ2v) is 12.1. The molecule has 12 heteroatoms. The van der Waals surface area contributed by atoms with Gasteiger partial charge in [-0.1, -0.05) is 61.3 Å². The van der Waals surface area contributed by atoms with E-state index in [1.807, 2.05) is 55.4 Å². The van der Waals surface area contributed by atoms with E-state index in [0.29, 0.717) is 44.3 Å². The highest BCUT2D eigenvalue weighted by Gasteiger charge is 2.31. The lowest BCUT2D eigenvalue weighted by molar-refractivity contribution is -0.131. The van der Waals surface area contributed by atoms with Gasteiger partial charge in [-0.2, -0.15) is 0 Å². The Morgan fingerprint density at radius 1 is 0.795 bits per heavy atom. The van der Waals surface area contributed by atoms with E-state index in [4.69, 9.17) is 0 Å². The summed E-state index contributed by atoms with van der Waals surface area (Å²) in [5.74, 6) is -1.65. The molecule has 12 nitrogen and oxygen atoms in total. The first-order chi connectivity index (χ1) is 20.8. The van der Waals surface area contributed by atoms with Crippen LogP contribution < -0.4 is 31.9 Å². The number of hydrogen-bond acceptors (Lipinski definition) is 7. The van der Waals surface area contributed by atoms with Gasteiger partial charge in [-0.05, 0) is 49.7 Å². The quantitative estimate of drug-likeness (QED) is 0.130. The summed E-state index contributed by atoms with van der Waals surface area (Å²) in [6, 6.07) is 0.599. The van der Waals surface area contributed by atoms with Gasteiger partial charge in [0.2, 0.25) is 23.6 Å². The summed E-state index contributed by atoms with van der Waals surface area (Å²) in [6.45, 7) is 16.2. The summed E-state index contributed by atoms with van der Waals surface area (Å²) >= 11 is 0. The van der Waals surface area contributed by atoms with Gasteiger partial charge in [0.15, 0.2) is 0 Å². The van der Waals surface area contributed by atoms with Crippen molar-refractivity contribution in [2.45, 2.75) is 105 Å². The van der Waals surface area contributed by atoms with Crippen molar-refractivity contribution in [3.8, 4) is 0 Å². The lowest BCUT2D eigenvalue weighted by Gasteiger charge is -2.28. The van der Waals surface area contributed by atoms with Gasteiger partial charge in [0.1, 0.15) is 18.1 Å². The average molecular weight is 618 g/mol. The highest BCUT2D eigenvalue weighted by Crippen LogP contribution is 2.12. The summed E-state index contributed by atoms with van der Waals surface area (Å²) in [4.78, 5) is 68.5. The first-order valence-corrected chi connectivity index (χ1v) is 15.9. The van der Waals surface area contributed by atoms with Crippen molar-refractivity contribution in [1.82, 2.24) is 36.9 Å². The van der Waals surface area contributed by atoms with Crippen molar-refractivity contribution in [1.29, 1.82) is 0 Å². The van der Waals surface area contributed by atoms with Crippen LogP contribution in [0.4, 0.5) is 0 Å². The van der Waals surface area contributed by atoms with Crippen molar-refractivity contribution < 1.29 is 24.0 Å². The third-order valence-electron chi connectivity index (χ3n) is 7.33. The molecule has 0 spiro atoms. The maximum absolute atomic E-state index is 13.4. The van der Waals surface area contributed by atoms with E-state index in [1.165, 1.54) is 12.4 Å². The predicted octanol–water partition coefficient (Wildman–Crippen LogP) is 1.91. The SMILES string of the molecule is CCC[C@H](NC(=O)[C@@H](NC(=O)c1ccncc1)[C@@H](C)CC)C(=O)N[C@H](CNCC(=O)N[C@H](C(=O)NCC)C(C)C)CC(C)C. The molecule has 44 heavy (non-hydrogen) atoms. The van der Waals surface area contributed by atoms with Crippen molar-refractivity contribution >= 4 is 29.5 Å². The van der Waals surface area contributed by atoms with Gasteiger partial charge in [-0.25, -0.2) is 0 Å². The Morgan fingerprint density at radius 2 is 1.45 bits per heavy atom. The van der Waals surface area contributed by atoms with Crippen LogP contribution in [0.5, 0.6) is 0 Å². The summed E-state index contributed by atoms with van der Waals surface area (Å²) in [5, 5.41) is 17.4. The number of aromatic nitrogens is 1. The minimum absolute atomic E-state index is 0.0179. The van der Waals surface area contributed by atoms with Gasteiger partial charge < -0.3 is 31.9 Å². The van der Waals surface area contributed by atoms with Gasteiger partial charge in [-0.15, -0.1) is 0 Å². The lowest BCUT2D eigenvalue weighted by Crippen LogP contribution is -2.57. The smallest absolute Gasteiger partial charge is 0.252 e. The van der Waals surface area contributed by atoms with E-state index in [1.54, 1.807) is 12.1 Å². The Bertz CT molecular complexity index is 1050. The van der Waals surface area contributed by atoms with E-state index in [0.717, 1.165) is 0 Å². The molecule has 0 saturated heterocycles. The third-order valence-corrected chi connectivity index (χ3v) is 7.33. The van der Waals surface area contributed by atoms with Crippen molar-refractivity contribution in [2.24, 2.45) is 17.8 Å². The maximum atomic E-state index is 13.4. The molecule has 0 aliphatic heterocycles.